The predicted octanol–water partition coefficient (Wildman–Crippen LogP) is 2.18. The normalized spacial score (nSPS) is 18.2. The van der Waals surface area contributed by atoms with E-state index in [1.807, 2.05) is 13.0 Å². The molecule has 0 amide bonds. The number of nitrogens with zero attached hydrogens (tertiary/aromatic N) is 1. The second kappa shape index (κ2) is 5.87. The zero-order valence-electron chi connectivity index (χ0n) is 7.46. The third-order valence-corrected chi connectivity index (χ3v) is 3.93. The van der Waals surface area contributed by atoms with Crippen molar-refractivity contribution in [2.24, 2.45) is 0 Å². The lowest BCUT2D eigenvalue weighted by molar-refractivity contribution is -0.138. The zero-order chi connectivity index (χ0) is 9.68. The van der Waals surface area contributed by atoms with Crippen LogP contribution < -0.4 is 0 Å². The van der Waals surface area contributed by atoms with Crippen LogP contribution in [-0.2, 0) is 9.53 Å². The minimum atomic E-state index is -0.169. The molecule has 0 aromatic heterocycles. The molecule has 0 aromatic carbocycles. The van der Waals surface area contributed by atoms with Crippen LogP contribution in [0.2, 0.25) is 0 Å². The van der Waals surface area contributed by atoms with Crippen molar-refractivity contribution < 1.29 is 9.53 Å². The van der Waals surface area contributed by atoms with Gasteiger partial charge >= 0.3 is 5.97 Å². The average Bonchev–Trinajstić information content (AvgIpc) is 2.18. The topological polar surface area (TPSA) is 29.5 Å². The Morgan fingerprint density at radius 1 is 1.85 bits per heavy atom. The first-order chi connectivity index (χ1) is 6.27. The molecule has 0 unspecified atom stereocenters. The summed E-state index contributed by atoms with van der Waals surface area (Å²) in [6.45, 7) is 3.99. The highest BCUT2D eigenvalue weighted by Gasteiger charge is 2.18. The van der Waals surface area contributed by atoms with Gasteiger partial charge in [-0.15, -0.1) is 0 Å². The molecule has 13 heavy (non-hydrogen) atoms. The molecule has 0 radical (unpaired) electrons. The Morgan fingerprint density at radius 3 is 3.23 bits per heavy atom. The Kier molecular flexibility index (Phi) is 5.12. The van der Waals surface area contributed by atoms with Crippen LogP contribution in [0.1, 0.15) is 13.3 Å². The molecule has 0 N–H and O–H groups in total. The molecular weight excluding hydrogens is 301 g/mol. The van der Waals surface area contributed by atoms with Crippen molar-refractivity contribution >= 4 is 36.3 Å². The van der Waals surface area contributed by atoms with E-state index in [1.54, 1.807) is 9.12 Å². The third kappa shape index (κ3) is 3.47. The van der Waals surface area contributed by atoms with Gasteiger partial charge in [-0.3, -0.25) is 0 Å². The Morgan fingerprint density at radius 2 is 2.62 bits per heavy atom. The Balaban J connectivity index is 2.50. The van der Waals surface area contributed by atoms with E-state index in [4.69, 9.17) is 4.74 Å². The van der Waals surface area contributed by atoms with Crippen molar-refractivity contribution in [1.82, 2.24) is 4.31 Å². The molecule has 3 nitrogen and oxygen atoms in total. The van der Waals surface area contributed by atoms with Crippen molar-refractivity contribution in [1.29, 1.82) is 0 Å². The number of hydrogen-bond acceptors (Lipinski definition) is 4. The van der Waals surface area contributed by atoms with E-state index >= 15 is 0 Å². The van der Waals surface area contributed by atoms with Gasteiger partial charge in [-0.1, -0.05) is 6.08 Å². The van der Waals surface area contributed by atoms with Crippen molar-refractivity contribution in [2.45, 2.75) is 13.3 Å². The zero-order valence-corrected chi connectivity index (χ0v) is 10.4. The maximum atomic E-state index is 11.3. The number of halogens is 1. The Labute approximate surface area is 94.6 Å². The van der Waals surface area contributed by atoms with Gasteiger partial charge in [0.2, 0.25) is 0 Å². The fraction of sp³-hybridized carbons (Fsp3) is 0.625. The van der Waals surface area contributed by atoms with Crippen LogP contribution in [0.3, 0.4) is 0 Å². The predicted molar refractivity (Wildman–Crippen MR) is 62.5 cm³/mol. The first-order valence-corrected chi connectivity index (χ1v) is 7.49. The molecule has 74 valence electrons. The summed E-state index contributed by atoms with van der Waals surface area (Å²) >= 11 is 2.22. The minimum absolute atomic E-state index is 0.169. The maximum absolute atomic E-state index is 11.3. The van der Waals surface area contributed by atoms with Crippen molar-refractivity contribution in [3.63, 3.8) is 0 Å². The summed E-state index contributed by atoms with van der Waals surface area (Å²) in [6, 6.07) is 0. The molecule has 1 aliphatic heterocycles. The van der Waals surface area contributed by atoms with Crippen LogP contribution >= 0.6 is 30.3 Å². The summed E-state index contributed by atoms with van der Waals surface area (Å²) in [6.07, 6.45) is 2.91. The molecule has 0 aliphatic carbocycles. The molecule has 1 rings (SSSR count). The number of hydrogen-bond donors (Lipinski definition) is 0. The molecule has 0 bridgehead atoms. The molecular formula is C8H12INO2S. The minimum Gasteiger partial charge on any atom is -0.463 e. The SMILES string of the molecule is CCOC(=O)C1=CCCN(SI)C1. The van der Waals surface area contributed by atoms with Crippen LogP contribution in [-0.4, -0.2) is 30.0 Å². The molecule has 0 saturated carbocycles. The van der Waals surface area contributed by atoms with Gasteiger partial charge in [-0.05, 0) is 22.5 Å². The Bertz CT molecular complexity index is 220. The molecule has 0 spiro atoms. The summed E-state index contributed by atoms with van der Waals surface area (Å²) in [4.78, 5) is 11.3. The highest BCUT2D eigenvalue weighted by molar-refractivity contribution is 14.2. The summed E-state index contributed by atoms with van der Waals surface area (Å²) in [7, 11) is 1.64. The monoisotopic (exact) mass is 313 g/mol. The van der Waals surface area contributed by atoms with Crippen LogP contribution in [0, 0.1) is 0 Å². The van der Waals surface area contributed by atoms with Crippen molar-refractivity contribution in [3.8, 4) is 0 Å². The largest absolute Gasteiger partial charge is 0.463 e. The van der Waals surface area contributed by atoms with Crippen molar-refractivity contribution in [3.05, 3.63) is 11.6 Å². The Hall–Kier alpha value is 0.250. The number of carbonyl (C=O) groups excluding carboxylic acids is 1. The third-order valence-electron chi connectivity index (χ3n) is 1.75. The van der Waals surface area contributed by atoms with Gasteiger partial charge in [0.1, 0.15) is 0 Å². The first kappa shape index (κ1) is 11.3. The van der Waals surface area contributed by atoms with Crippen LogP contribution in [0.25, 0.3) is 0 Å². The average molecular weight is 313 g/mol. The van der Waals surface area contributed by atoms with E-state index in [0.29, 0.717) is 13.2 Å². The fourth-order valence-electron chi connectivity index (χ4n) is 1.15. The van der Waals surface area contributed by atoms with Crippen LogP contribution in [0.4, 0.5) is 0 Å². The van der Waals surface area contributed by atoms with Crippen LogP contribution in [0.15, 0.2) is 11.6 Å². The maximum Gasteiger partial charge on any atom is 0.335 e. The lowest BCUT2D eigenvalue weighted by Gasteiger charge is -2.22. The summed E-state index contributed by atoms with van der Waals surface area (Å²) in [5.41, 5.74) is 0.789. The van der Waals surface area contributed by atoms with Gasteiger partial charge in [0.15, 0.2) is 0 Å². The lowest BCUT2D eigenvalue weighted by Crippen LogP contribution is -2.26. The fourth-order valence-corrected chi connectivity index (χ4v) is 2.52. The van der Waals surface area contributed by atoms with Gasteiger partial charge < -0.3 is 4.74 Å². The second-order valence-electron chi connectivity index (χ2n) is 2.67. The van der Waals surface area contributed by atoms with Gasteiger partial charge in [-0.2, -0.15) is 0 Å². The molecule has 1 aliphatic rings. The highest BCUT2D eigenvalue weighted by Crippen LogP contribution is 2.23. The molecule has 1 heterocycles. The lowest BCUT2D eigenvalue weighted by atomic mass is 10.1. The van der Waals surface area contributed by atoms with E-state index in [1.165, 1.54) is 0 Å². The molecule has 0 aromatic rings. The van der Waals surface area contributed by atoms with E-state index in [2.05, 4.69) is 25.5 Å². The summed E-state index contributed by atoms with van der Waals surface area (Å²) in [5.74, 6) is -0.169. The molecule has 0 fully saturated rings. The highest BCUT2D eigenvalue weighted by atomic mass is 127. The number of rotatable bonds is 3. The van der Waals surface area contributed by atoms with Crippen molar-refractivity contribution in [2.75, 3.05) is 19.7 Å². The number of carbonyl (C=O) groups is 1. The number of esters is 1. The first-order valence-electron chi connectivity index (χ1n) is 4.17. The quantitative estimate of drug-likeness (QED) is 0.454. The van der Waals surface area contributed by atoms with E-state index < -0.39 is 0 Å². The van der Waals surface area contributed by atoms with Crippen LogP contribution in [0.5, 0.6) is 0 Å². The molecule has 0 atom stereocenters. The standard InChI is InChI=1S/C8H12INO2S/c1-2-12-8(11)7-4-3-5-10(6-7)13-9/h4H,2-3,5-6H2,1H3. The van der Waals surface area contributed by atoms with E-state index in [-0.39, 0.29) is 5.97 Å². The summed E-state index contributed by atoms with van der Waals surface area (Å²) in [5, 5.41) is 0. The van der Waals surface area contributed by atoms with E-state index in [9.17, 15) is 4.79 Å². The van der Waals surface area contributed by atoms with Gasteiger partial charge in [0, 0.05) is 39.9 Å². The number of ether oxygens (including phenoxy) is 1. The van der Waals surface area contributed by atoms with Gasteiger partial charge in [0.05, 0.1) is 6.61 Å². The molecule has 5 heteroatoms. The second-order valence-corrected chi connectivity index (χ2v) is 4.51. The smallest absolute Gasteiger partial charge is 0.335 e. The summed E-state index contributed by atoms with van der Waals surface area (Å²) < 4.78 is 7.07. The van der Waals surface area contributed by atoms with E-state index in [0.717, 1.165) is 18.5 Å². The van der Waals surface area contributed by atoms with Gasteiger partial charge in [0.25, 0.3) is 0 Å². The molecule has 0 saturated heterocycles. The van der Waals surface area contributed by atoms with Gasteiger partial charge in [-0.25, -0.2) is 9.10 Å².